The molecule has 0 aliphatic heterocycles. The highest BCUT2D eigenvalue weighted by Gasteiger charge is 2.22. The van der Waals surface area contributed by atoms with Gasteiger partial charge in [-0.15, -0.1) is 0 Å². The van der Waals surface area contributed by atoms with E-state index in [2.05, 4.69) is 10.6 Å². The quantitative estimate of drug-likeness (QED) is 0.849. The fourth-order valence-electron chi connectivity index (χ4n) is 2.29. The van der Waals surface area contributed by atoms with Crippen LogP contribution in [0, 0.1) is 5.92 Å². The topological polar surface area (TPSA) is 61.4 Å². The van der Waals surface area contributed by atoms with Crippen LogP contribution in [0.3, 0.4) is 0 Å². The molecule has 0 fully saturated rings. The predicted molar refractivity (Wildman–Crippen MR) is 98.1 cm³/mol. The van der Waals surface area contributed by atoms with Gasteiger partial charge in [0.05, 0.1) is 6.04 Å². The summed E-state index contributed by atoms with van der Waals surface area (Å²) in [5, 5.41) is 6.48. The third-order valence-electron chi connectivity index (χ3n) is 3.42. The predicted octanol–water partition coefficient (Wildman–Crippen LogP) is 3.59. The fraction of sp³-hybridized carbons (Fsp3) is 0.556. The van der Waals surface area contributed by atoms with Crippen LogP contribution in [-0.4, -0.2) is 36.0 Å². The molecule has 5 nitrogen and oxygen atoms in total. The molecule has 1 rings (SSSR count). The molecule has 0 spiro atoms. The lowest BCUT2D eigenvalue weighted by Gasteiger charge is -2.27. The van der Waals surface area contributed by atoms with Crippen LogP contribution in [-0.2, 0) is 4.79 Å². The molecule has 0 aliphatic rings. The Morgan fingerprint density at radius 2 is 1.71 bits per heavy atom. The number of amides is 3. The van der Waals surface area contributed by atoms with Gasteiger partial charge in [-0.05, 0) is 44.4 Å². The molecule has 0 bridgehead atoms. The maximum Gasteiger partial charge on any atom is 0.318 e. The van der Waals surface area contributed by atoms with Crippen LogP contribution in [0.25, 0.3) is 0 Å². The lowest BCUT2D eigenvalue weighted by atomic mass is 9.96. The maximum absolute atomic E-state index is 12.4. The van der Waals surface area contributed by atoms with Crippen molar-refractivity contribution in [3.8, 4) is 0 Å². The van der Waals surface area contributed by atoms with Gasteiger partial charge in [-0.2, -0.15) is 0 Å². The molecular formula is C18H28ClN3O2. The van der Waals surface area contributed by atoms with Gasteiger partial charge >= 0.3 is 6.03 Å². The van der Waals surface area contributed by atoms with Crippen LogP contribution in [0.5, 0.6) is 0 Å². The Balaban J connectivity index is 2.71. The van der Waals surface area contributed by atoms with E-state index in [-0.39, 0.29) is 36.0 Å². The number of nitrogens with one attached hydrogen (secondary N) is 2. The number of carbonyl (C=O) groups excluding carboxylic acids is 2. The molecule has 1 atom stereocenters. The zero-order chi connectivity index (χ0) is 18.5. The van der Waals surface area contributed by atoms with Crippen LogP contribution in [0.4, 0.5) is 4.79 Å². The summed E-state index contributed by atoms with van der Waals surface area (Å²) >= 11 is 5.92. The van der Waals surface area contributed by atoms with Crippen LogP contribution in [0.15, 0.2) is 24.3 Å². The second-order valence-electron chi connectivity index (χ2n) is 7.38. The number of nitrogens with zero attached hydrogens (tertiary/aromatic N) is 1. The lowest BCUT2D eigenvalue weighted by Crippen LogP contribution is -2.49. The summed E-state index contributed by atoms with van der Waals surface area (Å²) < 4.78 is 0. The van der Waals surface area contributed by atoms with Crippen molar-refractivity contribution in [2.75, 3.05) is 13.6 Å². The van der Waals surface area contributed by atoms with Crippen LogP contribution >= 0.6 is 11.6 Å². The third-order valence-corrected chi connectivity index (χ3v) is 3.67. The highest BCUT2D eigenvalue weighted by atomic mass is 35.5. The van der Waals surface area contributed by atoms with Crippen molar-refractivity contribution in [3.05, 3.63) is 34.9 Å². The Labute approximate surface area is 149 Å². The van der Waals surface area contributed by atoms with E-state index >= 15 is 0 Å². The minimum Gasteiger partial charge on any atom is -0.350 e. The zero-order valence-corrected chi connectivity index (χ0v) is 16.1. The first-order valence-electron chi connectivity index (χ1n) is 8.07. The summed E-state index contributed by atoms with van der Waals surface area (Å²) in [6, 6.07) is 6.98. The standard InChI is InChI=1S/C18H28ClN3O2/c1-12(2)16(13-7-9-14(19)10-8-13)20-17(24)22(6)11-15(23)21-18(3,4)5/h7-10,12,16H,11H2,1-6H3,(H,20,24)(H,21,23)/t16-/m0/s1. The van der Waals surface area contributed by atoms with E-state index in [1.165, 1.54) is 4.90 Å². The molecule has 24 heavy (non-hydrogen) atoms. The van der Waals surface area contributed by atoms with E-state index < -0.39 is 0 Å². The van der Waals surface area contributed by atoms with Gasteiger partial charge in [0.1, 0.15) is 6.54 Å². The largest absolute Gasteiger partial charge is 0.350 e. The Bertz CT molecular complexity index is 565. The molecule has 0 aliphatic carbocycles. The van der Waals surface area contributed by atoms with Crippen LogP contribution < -0.4 is 10.6 Å². The van der Waals surface area contributed by atoms with Gasteiger partial charge in [-0.1, -0.05) is 37.6 Å². The molecule has 6 heteroatoms. The van der Waals surface area contributed by atoms with Crippen molar-refractivity contribution >= 4 is 23.5 Å². The first-order chi connectivity index (χ1) is 11.0. The highest BCUT2D eigenvalue weighted by molar-refractivity contribution is 6.30. The average Bonchev–Trinajstić information content (AvgIpc) is 2.43. The van der Waals surface area contributed by atoms with E-state index in [0.29, 0.717) is 5.02 Å². The van der Waals surface area contributed by atoms with Crippen molar-refractivity contribution in [2.45, 2.75) is 46.2 Å². The van der Waals surface area contributed by atoms with E-state index in [4.69, 9.17) is 11.6 Å². The van der Waals surface area contributed by atoms with Crippen molar-refractivity contribution in [1.29, 1.82) is 0 Å². The Hall–Kier alpha value is -1.75. The maximum atomic E-state index is 12.4. The van der Waals surface area contributed by atoms with E-state index in [0.717, 1.165) is 5.56 Å². The van der Waals surface area contributed by atoms with E-state index in [1.807, 2.05) is 46.8 Å². The normalized spacial score (nSPS) is 12.7. The number of rotatable bonds is 5. The van der Waals surface area contributed by atoms with Crippen molar-refractivity contribution in [3.63, 3.8) is 0 Å². The summed E-state index contributed by atoms with van der Waals surface area (Å²) in [5.74, 6) is 0.0136. The zero-order valence-electron chi connectivity index (χ0n) is 15.3. The Morgan fingerprint density at radius 3 is 2.17 bits per heavy atom. The average molecular weight is 354 g/mol. The van der Waals surface area contributed by atoms with E-state index in [1.54, 1.807) is 19.2 Å². The van der Waals surface area contributed by atoms with Gasteiger partial charge in [0.15, 0.2) is 0 Å². The molecule has 0 radical (unpaired) electrons. The van der Waals surface area contributed by atoms with Crippen molar-refractivity contribution < 1.29 is 9.59 Å². The first-order valence-corrected chi connectivity index (χ1v) is 8.45. The van der Waals surface area contributed by atoms with Crippen molar-refractivity contribution in [1.82, 2.24) is 15.5 Å². The highest BCUT2D eigenvalue weighted by Crippen LogP contribution is 2.23. The number of benzene rings is 1. The molecule has 0 saturated heterocycles. The first kappa shape index (κ1) is 20.3. The number of halogens is 1. The lowest BCUT2D eigenvalue weighted by molar-refractivity contribution is -0.122. The molecule has 0 saturated carbocycles. The smallest absolute Gasteiger partial charge is 0.318 e. The molecular weight excluding hydrogens is 326 g/mol. The Morgan fingerprint density at radius 1 is 1.17 bits per heavy atom. The minimum absolute atomic E-state index is 0.00847. The van der Waals surface area contributed by atoms with Crippen molar-refractivity contribution in [2.24, 2.45) is 5.92 Å². The SMILES string of the molecule is CC(C)[C@H](NC(=O)N(C)CC(=O)NC(C)(C)C)c1ccc(Cl)cc1. The molecule has 2 N–H and O–H groups in total. The van der Waals surface area contributed by atoms with Crippen LogP contribution in [0.1, 0.15) is 46.2 Å². The molecule has 1 aromatic rings. The summed E-state index contributed by atoms with van der Waals surface area (Å²) in [4.78, 5) is 25.7. The van der Waals surface area contributed by atoms with Gasteiger partial charge in [-0.3, -0.25) is 4.79 Å². The number of carbonyl (C=O) groups is 2. The van der Waals surface area contributed by atoms with Gasteiger partial charge in [0.25, 0.3) is 0 Å². The number of hydrogen-bond acceptors (Lipinski definition) is 2. The number of hydrogen-bond donors (Lipinski definition) is 2. The molecule has 0 unspecified atom stereocenters. The van der Waals surface area contributed by atoms with Gasteiger partial charge in [-0.25, -0.2) is 4.79 Å². The van der Waals surface area contributed by atoms with Gasteiger partial charge < -0.3 is 15.5 Å². The molecule has 0 heterocycles. The monoisotopic (exact) mass is 353 g/mol. The summed E-state index contributed by atoms with van der Waals surface area (Å²) in [7, 11) is 1.61. The van der Waals surface area contributed by atoms with Crippen LogP contribution in [0.2, 0.25) is 5.02 Å². The molecule has 134 valence electrons. The Kier molecular flexibility index (Phi) is 7.08. The fourth-order valence-corrected chi connectivity index (χ4v) is 2.42. The molecule has 3 amide bonds. The number of urea groups is 1. The van der Waals surface area contributed by atoms with Gasteiger partial charge in [0, 0.05) is 17.6 Å². The summed E-state index contributed by atoms with van der Waals surface area (Å²) in [6.07, 6.45) is 0. The second-order valence-corrected chi connectivity index (χ2v) is 7.81. The molecule has 1 aromatic carbocycles. The number of likely N-dealkylation sites (N-methyl/N-ethyl adjacent to an activating group) is 1. The molecule has 0 aromatic heterocycles. The minimum atomic E-state index is -0.321. The third kappa shape index (κ3) is 6.79. The van der Waals surface area contributed by atoms with Gasteiger partial charge in [0.2, 0.25) is 5.91 Å². The summed E-state index contributed by atoms with van der Waals surface area (Å²) in [5.41, 5.74) is 0.660. The summed E-state index contributed by atoms with van der Waals surface area (Å²) in [6.45, 7) is 9.78. The second kappa shape index (κ2) is 8.38. The van der Waals surface area contributed by atoms with E-state index in [9.17, 15) is 9.59 Å².